The highest BCUT2D eigenvalue weighted by molar-refractivity contribution is 5.99. The Bertz CT molecular complexity index is 414. The van der Waals surface area contributed by atoms with Gasteiger partial charge in [-0.05, 0) is 37.8 Å². The second-order valence-corrected chi connectivity index (χ2v) is 4.04. The molecule has 0 atom stereocenters. The number of amidine groups is 1. The number of hydrogen-bond donors (Lipinski definition) is 2. The van der Waals surface area contributed by atoms with E-state index in [9.17, 15) is 0 Å². The molecule has 16 heavy (non-hydrogen) atoms. The van der Waals surface area contributed by atoms with Crippen LogP contribution < -0.4 is 10.5 Å². The van der Waals surface area contributed by atoms with Crippen LogP contribution in [-0.4, -0.2) is 22.6 Å². The highest BCUT2D eigenvalue weighted by atomic mass is 16.5. The summed E-state index contributed by atoms with van der Waals surface area (Å²) in [7, 11) is 0. The smallest absolute Gasteiger partial charge is 0.224 e. The molecule has 2 rings (SSSR count). The van der Waals surface area contributed by atoms with E-state index in [1.165, 1.54) is 12.8 Å². The van der Waals surface area contributed by atoms with Gasteiger partial charge in [-0.25, -0.2) is 4.98 Å². The molecule has 5 nitrogen and oxygen atoms in total. The molecule has 0 saturated heterocycles. The maximum atomic E-state index is 8.65. The van der Waals surface area contributed by atoms with Crippen LogP contribution in [-0.2, 0) is 0 Å². The number of aryl methyl sites for hydroxylation is 1. The first kappa shape index (κ1) is 10.7. The molecule has 0 radical (unpaired) electrons. The van der Waals surface area contributed by atoms with E-state index in [0.29, 0.717) is 24.0 Å². The quantitative estimate of drug-likeness (QED) is 0.347. The van der Waals surface area contributed by atoms with E-state index in [0.717, 1.165) is 5.69 Å². The summed E-state index contributed by atoms with van der Waals surface area (Å²) >= 11 is 0. The summed E-state index contributed by atoms with van der Waals surface area (Å²) in [5.41, 5.74) is 6.93. The van der Waals surface area contributed by atoms with Crippen molar-refractivity contribution in [1.82, 2.24) is 4.98 Å². The third-order valence-electron chi connectivity index (χ3n) is 2.54. The topological polar surface area (TPSA) is 80.7 Å². The second-order valence-electron chi connectivity index (χ2n) is 4.04. The van der Waals surface area contributed by atoms with Crippen LogP contribution in [0.2, 0.25) is 0 Å². The largest absolute Gasteiger partial charge is 0.477 e. The minimum atomic E-state index is 0.0262. The Kier molecular flexibility index (Phi) is 2.94. The van der Waals surface area contributed by atoms with Crippen molar-refractivity contribution in [1.29, 1.82) is 0 Å². The summed E-state index contributed by atoms with van der Waals surface area (Å²) in [6.07, 6.45) is 2.43. The molecule has 0 aromatic carbocycles. The summed E-state index contributed by atoms with van der Waals surface area (Å²) < 4.78 is 5.58. The van der Waals surface area contributed by atoms with Crippen LogP contribution >= 0.6 is 0 Å². The average Bonchev–Trinajstić information content (AvgIpc) is 3.09. The second kappa shape index (κ2) is 4.38. The molecule has 1 heterocycles. The molecular formula is C11H15N3O2. The van der Waals surface area contributed by atoms with Crippen molar-refractivity contribution in [2.24, 2.45) is 16.8 Å². The van der Waals surface area contributed by atoms with Gasteiger partial charge in [-0.1, -0.05) is 5.16 Å². The fourth-order valence-corrected chi connectivity index (χ4v) is 1.37. The molecule has 0 spiro atoms. The standard InChI is InChI=1S/C11H15N3O2/c1-7-2-5-9(10(12)14-15)11(13-7)16-6-8-3-4-8/h2,5,8,15H,3-4,6H2,1H3,(H2,12,14). The highest BCUT2D eigenvalue weighted by Crippen LogP contribution is 2.29. The Morgan fingerprint density at radius 1 is 1.62 bits per heavy atom. The van der Waals surface area contributed by atoms with E-state index in [1.807, 2.05) is 6.92 Å². The van der Waals surface area contributed by atoms with Crippen LogP contribution in [0.3, 0.4) is 0 Å². The first-order valence-corrected chi connectivity index (χ1v) is 5.29. The zero-order valence-corrected chi connectivity index (χ0v) is 9.18. The molecule has 86 valence electrons. The van der Waals surface area contributed by atoms with Gasteiger partial charge in [0.05, 0.1) is 12.2 Å². The van der Waals surface area contributed by atoms with Crippen molar-refractivity contribution < 1.29 is 9.94 Å². The summed E-state index contributed by atoms with van der Waals surface area (Å²) in [6, 6.07) is 3.55. The zero-order chi connectivity index (χ0) is 11.5. The molecule has 0 aliphatic heterocycles. The molecule has 1 aliphatic carbocycles. The van der Waals surface area contributed by atoms with Crippen LogP contribution in [0.25, 0.3) is 0 Å². The minimum Gasteiger partial charge on any atom is -0.477 e. The van der Waals surface area contributed by atoms with Gasteiger partial charge in [-0.15, -0.1) is 0 Å². The molecule has 5 heteroatoms. The van der Waals surface area contributed by atoms with Crippen LogP contribution in [0, 0.1) is 12.8 Å². The Morgan fingerprint density at radius 2 is 2.38 bits per heavy atom. The van der Waals surface area contributed by atoms with E-state index < -0.39 is 0 Å². The lowest BCUT2D eigenvalue weighted by Gasteiger charge is -2.09. The molecule has 0 amide bonds. The predicted octanol–water partition coefficient (Wildman–Crippen LogP) is 1.27. The number of hydrogen-bond acceptors (Lipinski definition) is 4. The zero-order valence-electron chi connectivity index (χ0n) is 9.18. The lowest BCUT2D eigenvalue weighted by molar-refractivity contribution is 0.286. The van der Waals surface area contributed by atoms with Gasteiger partial charge in [0.1, 0.15) is 0 Å². The minimum absolute atomic E-state index is 0.0262. The third kappa shape index (κ3) is 2.42. The normalized spacial score (nSPS) is 16.2. The SMILES string of the molecule is Cc1ccc(C(N)=NO)c(OCC2CC2)n1. The monoisotopic (exact) mass is 221 g/mol. The number of rotatable bonds is 4. The van der Waals surface area contributed by atoms with Crippen LogP contribution in [0.15, 0.2) is 17.3 Å². The van der Waals surface area contributed by atoms with Gasteiger partial charge < -0.3 is 15.7 Å². The number of ether oxygens (including phenoxy) is 1. The van der Waals surface area contributed by atoms with E-state index in [-0.39, 0.29) is 5.84 Å². The summed E-state index contributed by atoms with van der Waals surface area (Å²) in [4.78, 5) is 4.25. The van der Waals surface area contributed by atoms with E-state index in [4.69, 9.17) is 15.7 Å². The van der Waals surface area contributed by atoms with Crippen LogP contribution in [0.4, 0.5) is 0 Å². The van der Waals surface area contributed by atoms with Crippen molar-refractivity contribution in [3.05, 3.63) is 23.4 Å². The number of oxime groups is 1. The van der Waals surface area contributed by atoms with Crippen molar-refractivity contribution in [2.45, 2.75) is 19.8 Å². The lowest BCUT2D eigenvalue weighted by atomic mass is 10.2. The molecule has 1 aliphatic rings. The van der Waals surface area contributed by atoms with E-state index in [1.54, 1.807) is 12.1 Å². The summed E-state index contributed by atoms with van der Waals surface area (Å²) in [5.74, 6) is 1.11. The average molecular weight is 221 g/mol. The fourth-order valence-electron chi connectivity index (χ4n) is 1.37. The lowest BCUT2D eigenvalue weighted by Crippen LogP contribution is -2.16. The Balaban J connectivity index is 2.20. The molecule has 0 bridgehead atoms. The molecule has 1 aromatic rings. The van der Waals surface area contributed by atoms with Gasteiger partial charge >= 0.3 is 0 Å². The van der Waals surface area contributed by atoms with Crippen LogP contribution in [0.5, 0.6) is 5.88 Å². The summed E-state index contributed by atoms with van der Waals surface area (Å²) in [5, 5.41) is 11.6. The van der Waals surface area contributed by atoms with Gasteiger partial charge in [0.2, 0.25) is 5.88 Å². The molecule has 0 unspecified atom stereocenters. The van der Waals surface area contributed by atoms with E-state index in [2.05, 4.69) is 10.1 Å². The molecule has 3 N–H and O–H groups in total. The Hall–Kier alpha value is -1.78. The molecule has 1 fully saturated rings. The number of pyridine rings is 1. The van der Waals surface area contributed by atoms with Gasteiger partial charge in [0.25, 0.3) is 0 Å². The van der Waals surface area contributed by atoms with Gasteiger partial charge in [0.15, 0.2) is 5.84 Å². The van der Waals surface area contributed by atoms with Gasteiger partial charge in [0, 0.05) is 5.69 Å². The van der Waals surface area contributed by atoms with Crippen molar-refractivity contribution >= 4 is 5.84 Å². The first-order valence-electron chi connectivity index (χ1n) is 5.29. The van der Waals surface area contributed by atoms with Crippen molar-refractivity contribution in [2.75, 3.05) is 6.61 Å². The number of nitrogens with zero attached hydrogens (tertiary/aromatic N) is 2. The highest BCUT2D eigenvalue weighted by Gasteiger charge is 2.23. The van der Waals surface area contributed by atoms with Crippen molar-refractivity contribution in [3.63, 3.8) is 0 Å². The van der Waals surface area contributed by atoms with Gasteiger partial charge in [-0.2, -0.15) is 0 Å². The van der Waals surface area contributed by atoms with Gasteiger partial charge in [-0.3, -0.25) is 0 Å². The molecular weight excluding hydrogens is 206 g/mol. The fraction of sp³-hybridized carbons (Fsp3) is 0.455. The Morgan fingerprint density at radius 3 is 3.00 bits per heavy atom. The van der Waals surface area contributed by atoms with Crippen LogP contribution in [0.1, 0.15) is 24.1 Å². The third-order valence-corrected chi connectivity index (χ3v) is 2.54. The molecule has 1 aromatic heterocycles. The molecule has 1 saturated carbocycles. The van der Waals surface area contributed by atoms with E-state index >= 15 is 0 Å². The predicted molar refractivity (Wildman–Crippen MR) is 59.7 cm³/mol. The Labute approximate surface area is 93.9 Å². The maximum absolute atomic E-state index is 8.65. The summed E-state index contributed by atoms with van der Waals surface area (Å²) in [6.45, 7) is 2.53. The first-order chi connectivity index (χ1) is 7.70. The van der Waals surface area contributed by atoms with Crippen molar-refractivity contribution in [3.8, 4) is 5.88 Å². The maximum Gasteiger partial charge on any atom is 0.224 e. The number of nitrogens with two attached hydrogens (primary N) is 1. The number of aromatic nitrogens is 1.